The van der Waals surface area contributed by atoms with Gasteiger partial charge in [-0.05, 0) is 32.8 Å². The quantitative estimate of drug-likeness (QED) is 0.168. The van der Waals surface area contributed by atoms with Crippen LogP contribution in [0.3, 0.4) is 0 Å². The molecule has 0 saturated heterocycles. The second-order valence-corrected chi connectivity index (χ2v) is 8.38. The van der Waals surface area contributed by atoms with Crippen LogP contribution in [0.1, 0.15) is 26.3 Å². The van der Waals surface area contributed by atoms with E-state index < -0.39 is 64.1 Å². The number of halogens is 4. The van der Waals surface area contributed by atoms with E-state index in [-0.39, 0.29) is 6.42 Å². The number of carbonyl (C=O) groups excluding carboxylic acids is 2. The van der Waals surface area contributed by atoms with Crippen LogP contribution in [-0.4, -0.2) is 34.9 Å². The smallest absolute Gasteiger partial charge is 0.407 e. The fraction of sp³-hybridized carbons (Fsp3) is 0.333. The van der Waals surface area contributed by atoms with Crippen molar-refractivity contribution in [1.29, 1.82) is 0 Å². The van der Waals surface area contributed by atoms with Crippen molar-refractivity contribution in [3.05, 3.63) is 59.2 Å². The first kappa shape index (κ1) is 25.5. The van der Waals surface area contributed by atoms with Crippen LogP contribution in [0, 0.1) is 23.3 Å². The molecule has 174 valence electrons. The van der Waals surface area contributed by atoms with Gasteiger partial charge in [0.2, 0.25) is 11.6 Å². The molecule has 1 unspecified atom stereocenters. The van der Waals surface area contributed by atoms with Crippen molar-refractivity contribution in [2.45, 2.75) is 44.9 Å². The van der Waals surface area contributed by atoms with Gasteiger partial charge in [0, 0.05) is 0 Å². The van der Waals surface area contributed by atoms with Gasteiger partial charge in [-0.15, -0.1) is 0 Å². The number of carbonyl (C=O) groups is 2. The van der Waals surface area contributed by atoms with Crippen LogP contribution in [-0.2, 0) is 16.0 Å². The van der Waals surface area contributed by atoms with Crippen LogP contribution < -0.4 is 15.4 Å². The average molecular weight is 475 g/mol. The highest BCUT2D eigenvalue weighted by atomic mass is 31.0. The van der Waals surface area contributed by atoms with Crippen molar-refractivity contribution in [3.63, 3.8) is 0 Å². The van der Waals surface area contributed by atoms with Crippen LogP contribution in [0.25, 0.3) is 0 Å². The topological polar surface area (TPSA) is 84.9 Å². The van der Waals surface area contributed by atoms with Crippen molar-refractivity contribution in [1.82, 2.24) is 5.32 Å². The molecular weight excluding hydrogens is 453 g/mol. The molecule has 0 aliphatic rings. The normalized spacial score (nSPS) is 13.3. The molecule has 2 rings (SSSR count). The number of aliphatic hydroxyl groups is 1. The van der Waals surface area contributed by atoms with Crippen molar-refractivity contribution < 1.29 is 41.7 Å². The SMILES string of the molecule is CC(C)(C)OC(=O)N[C@H](Cc1ccccc1)[C@H](O)C(=O)Oc1c(F)c(F)c(F)c(F)c1P. The minimum Gasteiger partial charge on any atom is -0.444 e. The summed E-state index contributed by atoms with van der Waals surface area (Å²) in [4.78, 5) is 24.6. The molecule has 0 aromatic heterocycles. The molecule has 0 bridgehead atoms. The van der Waals surface area contributed by atoms with E-state index >= 15 is 0 Å². The van der Waals surface area contributed by atoms with Crippen molar-refractivity contribution >= 4 is 26.6 Å². The van der Waals surface area contributed by atoms with Gasteiger partial charge >= 0.3 is 12.1 Å². The molecule has 2 aromatic carbocycles. The first-order chi connectivity index (χ1) is 14.8. The number of esters is 1. The lowest BCUT2D eigenvalue weighted by Gasteiger charge is -2.26. The van der Waals surface area contributed by atoms with E-state index in [4.69, 9.17) is 4.74 Å². The first-order valence-corrected chi connectivity index (χ1v) is 9.94. The highest BCUT2D eigenvalue weighted by Gasteiger charge is 2.33. The van der Waals surface area contributed by atoms with Gasteiger partial charge in [0.25, 0.3) is 0 Å². The summed E-state index contributed by atoms with van der Waals surface area (Å²) in [7, 11) is 1.59. The van der Waals surface area contributed by atoms with Gasteiger partial charge in [0.15, 0.2) is 23.5 Å². The molecule has 3 atom stereocenters. The largest absolute Gasteiger partial charge is 0.444 e. The molecule has 6 nitrogen and oxygen atoms in total. The fourth-order valence-electron chi connectivity index (χ4n) is 2.62. The number of benzene rings is 2. The molecular formula is C21H22F4NO5P. The van der Waals surface area contributed by atoms with Gasteiger partial charge in [-0.25, -0.2) is 22.8 Å². The second kappa shape index (κ2) is 10.3. The Morgan fingerprint density at radius 2 is 1.59 bits per heavy atom. The van der Waals surface area contributed by atoms with E-state index in [0.717, 1.165) is 0 Å². The lowest BCUT2D eigenvalue weighted by atomic mass is 10.0. The maximum absolute atomic E-state index is 14.0. The molecule has 0 fully saturated rings. The highest BCUT2D eigenvalue weighted by Crippen LogP contribution is 2.25. The Morgan fingerprint density at radius 3 is 2.16 bits per heavy atom. The monoisotopic (exact) mass is 475 g/mol. The average Bonchev–Trinajstić information content (AvgIpc) is 2.72. The summed E-state index contributed by atoms with van der Waals surface area (Å²) in [6.07, 6.45) is -3.12. The van der Waals surface area contributed by atoms with Crippen molar-refractivity contribution in [2.75, 3.05) is 0 Å². The zero-order valence-electron chi connectivity index (χ0n) is 17.4. The van der Waals surface area contributed by atoms with Gasteiger partial charge in [0.1, 0.15) is 5.60 Å². The van der Waals surface area contributed by atoms with Crippen LogP contribution in [0.5, 0.6) is 5.75 Å². The van der Waals surface area contributed by atoms with E-state index in [0.29, 0.717) is 5.56 Å². The van der Waals surface area contributed by atoms with E-state index in [9.17, 15) is 32.3 Å². The van der Waals surface area contributed by atoms with Crippen LogP contribution in [0.4, 0.5) is 22.4 Å². The lowest BCUT2D eigenvalue weighted by Crippen LogP contribution is -2.50. The summed E-state index contributed by atoms with van der Waals surface area (Å²) < 4.78 is 64.4. The first-order valence-electron chi connectivity index (χ1n) is 9.36. The van der Waals surface area contributed by atoms with Gasteiger partial charge in [0.05, 0.1) is 11.3 Å². The van der Waals surface area contributed by atoms with Crippen LogP contribution >= 0.6 is 9.24 Å². The zero-order valence-corrected chi connectivity index (χ0v) is 18.6. The summed E-state index contributed by atoms with van der Waals surface area (Å²) in [5.41, 5.74) is -0.273. The van der Waals surface area contributed by atoms with E-state index in [1.165, 1.54) is 0 Å². The third kappa shape index (κ3) is 6.40. The van der Waals surface area contributed by atoms with E-state index in [1.54, 1.807) is 60.3 Å². The standard InChI is InChI=1S/C21H22F4NO5P/c1-21(2,3)31-20(29)26-11(9-10-7-5-4-6-8-10)16(27)19(28)30-17-14(24)12(22)13(23)15(25)18(17)32/h4-8,11,16,27H,9,32H2,1-3H3,(H,26,29)/t11-,16+/m1/s1. The molecule has 0 aliphatic carbocycles. The van der Waals surface area contributed by atoms with E-state index in [2.05, 4.69) is 10.1 Å². The van der Waals surface area contributed by atoms with Crippen molar-refractivity contribution in [3.8, 4) is 5.75 Å². The molecule has 11 heteroatoms. The molecule has 2 N–H and O–H groups in total. The number of nitrogens with one attached hydrogen (secondary N) is 1. The summed E-state index contributed by atoms with van der Waals surface area (Å²) in [6.45, 7) is 4.80. The number of hydrogen-bond acceptors (Lipinski definition) is 5. The van der Waals surface area contributed by atoms with E-state index in [1.807, 2.05) is 0 Å². The molecule has 0 aliphatic heterocycles. The van der Waals surface area contributed by atoms with Crippen molar-refractivity contribution in [2.24, 2.45) is 0 Å². The molecule has 0 heterocycles. The maximum atomic E-state index is 14.0. The minimum atomic E-state index is -2.18. The number of hydrogen-bond donors (Lipinski definition) is 2. The number of alkyl carbamates (subject to hydrolysis) is 1. The van der Waals surface area contributed by atoms with Gasteiger partial charge in [-0.1, -0.05) is 39.6 Å². The van der Waals surface area contributed by atoms with Gasteiger partial charge in [-0.2, -0.15) is 4.39 Å². The summed E-state index contributed by atoms with van der Waals surface area (Å²) >= 11 is 0. The number of ether oxygens (including phenoxy) is 2. The highest BCUT2D eigenvalue weighted by molar-refractivity contribution is 7.27. The number of amides is 1. The Morgan fingerprint density at radius 1 is 1.03 bits per heavy atom. The third-order valence-electron chi connectivity index (χ3n) is 4.08. The predicted molar refractivity (Wildman–Crippen MR) is 111 cm³/mol. The Labute approximate surface area is 184 Å². The lowest BCUT2D eigenvalue weighted by molar-refractivity contribution is -0.145. The Kier molecular flexibility index (Phi) is 8.20. The summed E-state index contributed by atoms with van der Waals surface area (Å²) in [5, 5.41) is 11.9. The fourth-order valence-corrected chi connectivity index (χ4v) is 2.93. The Balaban J connectivity index is 2.29. The molecule has 0 spiro atoms. The van der Waals surface area contributed by atoms with Gasteiger partial charge in [-0.3, -0.25) is 0 Å². The van der Waals surface area contributed by atoms with Crippen LogP contribution in [0.15, 0.2) is 30.3 Å². The number of aliphatic hydroxyl groups excluding tert-OH is 1. The van der Waals surface area contributed by atoms with Gasteiger partial charge < -0.3 is 19.9 Å². The Hall–Kier alpha value is -2.71. The molecule has 32 heavy (non-hydrogen) atoms. The zero-order chi connectivity index (χ0) is 24.2. The number of rotatable bonds is 6. The third-order valence-corrected chi connectivity index (χ3v) is 4.60. The predicted octanol–water partition coefficient (Wildman–Crippen LogP) is 3.15. The summed E-state index contributed by atoms with van der Waals surface area (Å²) in [6, 6.07) is 7.10. The molecule has 0 saturated carbocycles. The maximum Gasteiger partial charge on any atom is 0.407 e. The second-order valence-electron chi connectivity index (χ2n) is 7.81. The molecule has 1 amide bonds. The molecule has 0 radical (unpaired) electrons. The summed E-state index contributed by atoms with van der Waals surface area (Å²) in [5.74, 6) is -10.8. The van der Waals surface area contributed by atoms with Crippen LogP contribution in [0.2, 0.25) is 0 Å². The minimum absolute atomic E-state index is 0.0707. The molecule has 2 aromatic rings. The Bertz CT molecular complexity index is 969.